The Morgan fingerprint density at radius 2 is 1.83 bits per heavy atom. The van der Waals surface area contributed by atoms with Crippen LogP contribution in [0.2, 0.25) is 0 Å². The number of carbonyl (C=O) groups excluding carboxylic acids is 1. The Bertz CT molecular complexity index is 1500. The van der Waals surface area contributed by atoms with Crippen molar-refractivity contribution in [2.45, 2.75) is 30.5 Å². The van der Waals surface area contributed by atoms with Crippen LogP contribution in [0.15, 0.2) is 88.4 Å². The van der Waals surface area contributed by atoms with Gasteiger partial charge in [-0.15, -0.1) is 0 Å². The average molecular weight is 486 g/mol. The van der Waals surface area contributed by atoms with E-state index in [0.717, 1.165) is 16.7 Å². The Hall–Kier alpha value is -3.93. The molecule has 1 amide bonds. The maximum atomic E-state index is 13.2. The summed E-state index contributed by atoms with van der Waals surface area (Å²) in [5, 5.41) is 12.5. The van der Waals surface area contributed by atoms with Crippen LogP contribution < -0.4 is 5.32 Å². The van der Waals surface area contributed by atoms with Gasteiger partial charge in [-0.05, 0) is 47.7 Å². The van der Waals surface area contributed by atoms with Crippen LogP contribution in [0.25, 0.3) is 22.1 Å². The highest BCUT2D eigenvalue weighted by molar-refractivity contribution is 7.89. The van der Waals surface area contributed by atoms with Crippen molar-refractivity contribution in [3.8, 4) is 17.2 Å². The second-order valence-corrected chi connectivity index (χ2v) is 10.3. The third-order valence-electron chi connectivity index (χ3n) is 6.22. The molecule has 0 spiro atoms. The third kappa shape index (κ3) is 4.56. The number of para-hydroxylation sites is 1. The number of benzene rings is 3. The minimum Gasteiger partial charge on any atom is -0.443 e. The van der Waals surface area contributed by atoms with E-state index in [2.05, 4.69) is 11.4 Å². The van der Waals surface area contributed by atoms with E-state index in [9.17, 15) is 13.2 Å². The van der Waals surface area contributed by atoms with Gasteiger partial charge in [0.1, 0.15) is 11.6 Å². The van der Waals surface area contributed by atoms with Gasteiger partial charge in [0.2, 0.25) is 11.0 Å². The SMILES string of the molecule is N#Cc1cccc(-c2ccc(CNC(=O)[C@@H]3CCCN3S(=O)(=O)c3cc4ccccc4o3)cc2)c1. The number of furan rings is 1. The van der Waals surface area contributed by atoms with Crippen molar-refractivity contribution < 1.29 is 17.6 Å². The minimum absolute atomic E-state index is 0.144. The van der Waals surface area contributed by atoms with Gasteiger partial charge in [0.05, 0.1) is 11.6 Å². The highest BCUT2D eigenvalue weighted by Gasteiger charge is 2.41. The first-order valence-electron chi connectivity index (χ1n) is 11.3. The number of nitriles is 1. The predicted molar refractivity (Wildman–Crippen MR) is 132 cm³/mol. The molecule has 1 atom stereocenters. The quantitative estimate of drug-likeness (QED) is 0.435. The zero-order valence-corrected chi connectivity index (χ0v) is 19.7. The van der Waals surface area contributed by atoms with Gasteiger partial charge in [0.25, 0.3) is 10.0 Å². The van der Waals surface area contributed by atoms with Crippen molar-refractivity contribution in [2.75, 3.05) is 6.54 Å². The lowest BCUT2D eigenvalue weighted by molar-refractivity contribution is -0.124. The van der Waals surface area contributed by atoms with Crippen LogP contribution in [-0.4, -0.2) is 31.2 Å². The first kappa shape index (κ1) is 22.8. The van der Waals surface area contributed by atoms with Crippen LogP contribution in [0.3, 0.4) is 0 Å². The number of hydrogen-bond donors (Lipinski definition) is 1. The molecule has 1 saturated heterocycles. The second kappa shape index (κ2) is 9.37. The smallest absolute Gasteiger partial charge is 0.277 e. The Morgan fingerprint density at radius 3 is 2.60 bits per heavy atom. The van der Waals surface area contributed by atoms with E-state index < -0.39 is 16.1 Å². The van der Waals surface area contributed by atoms with Crippen molar-refractivity contribution in [2.24, 2.45) is 0 Å². The van der Waals surface area contributed by atoms with E-state index in [4.69, 9.17) is 9.68 Å². The Morgan fingerprint density at radius 1 is 1.03 bits per heavy atom. The van der Waals surface area contributed by atoms with Crippen molar-refractivity contribution in [1.29, 1.82) is 5.26 Å². The summed E-state index contributed by atoms with van der Waals surface area (Å²) in [6.45, 7) is 0.556. The van der Waals surface area contributed by atoms with Crippen LogP contribution in [0.5, 0.6) is 0 Å². The Labute approximate surface area is 203 Å². The highest BCUT2D eigenvalue weighted by Crippen LogP contribution is 2.30. The molecule has 1 aliphatic heterocycles. The molecule has 2 heterocycles. The minimum atomic E-state index is -3.94. The summed E-state index contributed by atoms with van der Waals surface area (Å²) >= 11 is 0. The van der Waals surface area contributed by atoms with Crippen molar-refractivity contribution >= 4 is 26.9 Å². The molecule has 35 heavy (non-hydrogen) atoms. The highest BCUT2D eigenvalue weighted by atomic mass is 32.2. The summed E-state index contributed by atoms with van der Waals surface area (Å²) in [5.74, 6) is -0.326. The molecule has 0 bridgehead atoms. The first-order chi connectivity index (χ1) is 17.0. The number of fused-ring (bicyclic) bond motifs is 1. The average Bonchev–Trinajstić information content (AvgIpc) is 3.56. The molecule has 0 aliphatic carbocycles. The molecular weight excluding hydrogens is 462 g/mol. The summed E-state index contributed by atoms with van der Waals surface area (Å²) in [6.07, 6.45) is 1.06. The molecule has 7 nitrogen and oxygen atoms in total. The first-order valence-corrected chi connectivity index (χ1v) is 12.8. The Kier molecular flexibility index (Phi) is 6.12. The normalized spacial score (nSPS) is 16.3. The summed E-state index contributed by atoms with van der Waals surface area (Å²) in [7, 11) is -3.94. The van der Waals surface area contributed by atoms with Gasteiger partial charge in [0.15, 0.2) is 0 Å². The fraction of sp³-hybridized carbons (Fsp3) is 0.185. The van der Waals surface area contributed by atoms with Crippen LogP contribution in [0, 0.1) is 11.3 Å². The van der Waals surface area contributed by atoms with Crippen LogP contribution in [0.1, 0.15) is 24.0 Å². The van der Waals surface area contributed by atoms with Crippen molar-refractivity contribution in [3.05, 3.63) is 90.0 Å². The number of carbonyl (C=O) groups is 1. The van der Waals surface area contributed by atoms with Crippen molar-refractivity contribution in [1.82, 2.24) is 9.62 Å². The summed E-state index contributed by atoms with van der Waals surface area (Å²) in [6, 6.07) is 25.0. The molecule has 0 saturated carbocycles. The molecule has 4 aromatic rings. The molecule has 0 radical (unpaired) electrons. The molecule has 0 unspecified atom stereocenters. The predicted octanol–water partition coefficient (Wildman–Crippen LogP) is 4.44. The van der Waals surface area contributed by atoms with E-state index >= 15 is 0 Å². The molecule has 1 aromatic heterocycles. The maximum absolute atomic E-state index is 13.2. The zero-order valence-electron chi connectivity index (χ0n) is 18.8. The lowest BCUT2D eigenvalue weighted by Gasteiger charge is -2.22. The van der Waals surface area contributed by atoms with Gasteiger partial charge in [0, 0.05) is 24.5 Å². The molecule has 1 aliphatic rings. The van der Waals surface area contributed by atoms with E-state index in [1.54, 1.807) is 24.3 Å². The summed E-state index contributed by atoms with van der Waals surface area (Å²) in [4.78, 5) is 13.0. The van der Waals surface area contributed by atoms with Gasteiger partial charge >= 0.3 is 0 Å². The molecule has 5 rings (SSSR count). The third-order valence-corrected chi connectivity index (χ3v) is 7.98. The maximum Gasteiger partial charge on any atom is 0.277 e. The van der Waals surface area contributed by atoms with Gasteiger partial charge < -0.3 is 9.73 Å². The molecule has 1 N–H and O–H groups in total. The molecule has 1 fully saturated rings. The fourth-order valence-electron chi connectivity index (χ4n) is 4.38. The Balaban J connectivity index is 1.26. The number of nitrogens with zero attached hydrogens (tertiary/aromatic N) is 2. The van der Waals surface area contributed by atoms with Crippen LogP contribution in [0.4, 0.5) is 0 Å². The summed E-state index contributed by atoms with van der Waals surface area (Å²) in [5.41, 5.74) is 3.89. The fourth-order valence-corrected chi connectivity index (χ4v) is 5.99. The number of hydrogen-bond acceptors (Lipinski definition) is 5. The van der Waals surface area contributed by atoms with E-state index in [0.29, 0.717) is 29.4 Å². The molecular formula is C27H23N3O4S. The lowest BCUT2D eigenvalue weighted by Crippen LogP contribution is -2.45. The van der Waals surface area contributed by atoms with Crippen LogP contribution in [-0.2, 0) is 21.4 Å². The molecule has 8 heteroatoms. The van der Waals surface area contributed by atoms with Gasteiger partial charge in [-0.3, -0.25) is 4.79 Å². The second-order valence-electron chi connectivity index (χ2n) is 8.48. The van der Waals surface area contributed by atoms with Crippen LogP contribution >= 0.6 is 0 Å². The van der Waals surface area contributed by atoms with E-state index in [-0.39, 0.29) is 24.1 Å². The molecule has 176 valence electrons. The van der Waals surface area contributed by atoms with Gasteiger partial charge in [-0.2, -0.15) is 9.57 Å². The molecule has 3 aromatic carbocycles. The van der Waals surface area contributed by atoms with E-state index in [1.165, 1.54) is 10.4 Å². The number of amides is 1. The lowest BCUT2D eigenvalue weighted by atomic mass is 10.0. The number of nitrogens with one attached hydrogen (secondary N) is 1. The van der Waals surface area contributed by atoms with Gasteiger partial charge in [-0.1, -0.05) is 54.6 Å². The number of sulfonamides is 1. The van der Waals surface area contributed by atoms with Crippen molar-refractivity contribution in [3.63, 3.8) is 0 Å². The van der Waals surface area contributed by atoms with Gasteiger partial charge in [-0.25, -0.2) is 8.42 Å². The summed E-state index contributed by atoms with van der Waals surface area (Å²) < 4.78 is 33.3. The largest absolute Gasteiger partial charge is 0.443 e. The zero-order chi connectivity index (χ0) is 24.4. The topological polar surface area (TPSA) is 103 Å². The van der Waals surface area contributed by atoms with E-state index in [1.807, 2.05) is 48.5 Å². The monoisotopic (exact) mass is 485 g/mol. The number of rotatable bonds is 6. The standard InChI is InChI=1S/C27H23N3O4S/c28-17-20-5-3-7-22(15-20)21-12-10-19(11-13-21)18-29-27(31)24-8-4-14-30(24)35(32,33)26-16-23-6-1-2-9-25(23)34-26/h1-3,5-7,9-13,15-16,24H,4,8,14,18H2,(H,29,31)/t24-/m0/s1.